The summed E-state index contributed by atoms with van der Waals surface area (Å²) >= 11 is 0. The molecule has 2 aromatic rings. The van der Waals surface area contributed by atoms with Crippen LogP contribution in [0, 0.1) is 6.92 Å². The van der Waals surface area contributed by atoms with Crippen molar-refractivity contribution in [3.63, 3.8) is 0 Å². The Morgan fingerprint density at radius 3 is 3.12 bits per heavy atom. The summed E-state index contributed by atoms with van der Waals surface area (Å²) in [4.78, 5) is 4.56. The van der Waals surface area contributed by atoms with E-state index < -0.39 is 0 Å². The lowest BCUT2D eigenvalue weighted by Gasteiger charge is -2.19. The van der Waals surface area contributed by atoms with E-state index in [2.05, 4.69) is 23.1 Å². The van der Waals surface area contributed by atoms with E-state index in [0.29, 0.717) is 0 Å². The molecule has 0 radical (unpaired) electrons. The first-order chi connectivity index (χ1) is 7.84. The quantitative estimate of drug-likeness (QED) is 0.735. The molecule has 16 heavy (non-hydrogen) atoms. The molecule has 1 fully saturated rings. The highest BCUT2D eigenvalue weighted by Gasteiger charge is 2.20. The number of rotatable bonds is 1. The first-order valence-electron chi connectivity index (χ1n) is 5.78. The van der Waals surface area contributed by atoms with Crippen molar-refractivity contribution in [2.75, 3.05) is 6.61 Å². The second kappa shape index (κ2) is 3.87. The lowest BCUT2D eigenvalue weighted by molar-refractivity contribution is 0.00962. The van der Waals surface area contributed by atoms with E-state index in [-0.39, 0.29) is 6.10 Å². The fraction of sp³-hybridized carbons (Fsp3) is 0.500. The Bertz CT molecular complexity index is 500. The molecular weight excluding hydrogens is 202 g/mol. The largest absolute Gasteiger partial charge is 0.370 e. The maximum atomic E-state index is 5.70. The maximum absolute atomic E-state index is 5.70. The Kier molecular flexibility index (Phi) is 2.36. The molecule has 4 heteroatoms. The van der Waals surface area contributed by atoms with Gasteiger partial charge >= 0.3 is 0 Å². The average molecular weight is 217 g/mol. The second-order valence-corrected chi connectivity index (χ2v) is 4.28. The first kappa shape index (κ1) is 9.78. The molecule has 0 bridgehead atoms. The van der Waals surface area contributed by atoms with Crippen molar-refractivity contribution in [1.82, 2.24) is 14.6 Å². The van der Waals surface area contributed by atoms with Crippen molar-refractivity contribution in [2.45, 2.75) is 32.3 Å². The van der Waals surface area contributed by atoms with Crippen molar-refractivity contribution in [2.24, 2.45) is 0 Å². The lowest BCUT2D eigenvalue weighted by atomic mass is 10.1. The summed E-state index contributed by atoms with van der Waals surface area (Å²) in [5, 5.41) is 4.48. The van der Waals surface area contributed by atoms with Crippen LogP contribution in [0.1, 0.15) is 36.8 Å². The maximum Gasteiger partial charge on any atom is 0.180 e. The van der Waals surface area contributed by atoms with E-state index >= 15 is 0 Å². The normalized spacial score (nSPS) is 21.4. The van der Waals surface area contributed by atoms with Crippen molar-refractivity contribution < 1.29 is 4.74 Å². The SMILES string of the molecule is Cc1cccn2nc(C3CCCCO3)nc12. The van der Waals surface area contributed by atoms with E-state index in [4.69, 9.17) is 4.74 Å². The molecule has 0 saturated carbocycles. The zero-order chi connectivity index (χ0) is 11.0. The summed E-state index contributed by atoms with van der Waals surface area (Å²) in [6.45, 7) is 2.88. The van der Waals surface area contributed by atoms with Crippen LogP contribution in [0.15, 0.2) is 18.3 Å². The summed E-state index contributed by atoms with van der Waals surface area (Å²) in [5.74, 6) is 0.828. The van der Waals surface area contributed by atoms with Crippen LogP contribution >= 0.6 is 0 Å². The van der Waals surface area contributed by atoms with E-state index in [1.807, 2.05) is 16.8 Å². The first-order valence-corrected chi connectivity index (χ1v) is 5.78. The highest BCUT2D eigenvalue weighted by molar-refractivity contribution is 5.45. The van der Waals surface area contributed by atoms with Gasteiger partial charge in [-0.2, -0.15) is 0 Å². The third-order valence-electron chi connectivity index (χ3n) is 3.04. The van der Waals surface area contributed by atoms with Gasteiger partial charge in [0.2, 0.25) is 0 Å². The number of ether oxygens (including phenoxy) is 1. The zero-order valence-electron chi connectivity index (χ0n) is 9.39. The Balaban J connectivity index is 2.01. The summed E-state index contributed by atoms with van der Waals surface area (Å²) in [6.07, 6.45) is 5.42. The number of hydrogen-bond donors (Lipinski definition) is 0. The monoisotopic (exact) mass is 217 g/mol. The molecule has 1 aliphatic heterocycles. The Morgan fingerprint density at radius 1 is 1.44 bits per heavy atom. The Labute approximate surface area is 94.3 Å². The minimum atomic E-state index is 0.0908. The van der Waals surface area contributed by atoms with Crippen LogP contribution in [0.2, 0.25) is 0 Å². The summed E-state index contributed by atoms with van der Waals surface area (Å²) in [5.41, 5.74) is 2.09. The minimum absolute atomic E-state index is 0.0908. The van der Waals surface area contributed by atoms with Gasteiger partial charge in [0.15, 0.2) is 11.5 Å². The third-order valence-corrected chi connectivity index (χ3v) is 3.04. The topological polar surface area (TPSA) is 39.4 Å². The van der Waals surface area contributed by atoms with Gasteiger partial charge < -0.3 is 4.74 Å². The standard InChI is InChI=1S/C12H15N3O/c1-9-5-4-7-15-12(9)13-11(14-15)10-6-2-3-8-16-10/h4-5,7,10H,2-3,6,8H2,1H3. The number of fused-ring (bicyclic) bond motifs is 1. The van der Waals surface area contributed by atoms with Gasteiger partial charge in [-0.3, -0.25) is 0 Å². The summed E-state index contributed by atoms with van der Waals surface area (Å²) in [7, 11) is 0. The van der Waals surface area contributed by atoms with Crippen LogP contribution in [0.5, 0.6) is 0 Å². The molecule has 0 spiro atoms. The number of pyridine rings is 1. The van der Waals surface area contributed by atoms with Gasteiger partial charge in [0, 0.05) is 12.8 Å². The van der Waals surface area contributed by atoms with Gasteiger partial charge in [-0.15, -0.1) is 5.10 Å². The van der Waals surface area contributed by atoms with Gasteiger partial charge in [0.05, 0.1) is 0 Å². The van der Waals surface area contributed by atoms with Crippen LogP contribution in [-0.4, -0.2) is 21.2 Å². The van der Waals surface area contributed by atoms with Crippen molar-refractivity contribution in [1.29, 1.82) is 0 Å². The minimum Gasteiger partial charge on any atom is -0.370 e. The molecule has 0 amide bonds. The number of aromatic nitrogens is 3. The molecule has 3 heterocycles. The van der Waals surface area contributed by atoms with Gasteiger partial charge in [-0.25, -0.2) is 9.50 Å². The fourth-order valence-electron chi connectivity index (χ4n) is 2.14. The average Bonchev–Trinajstić information content (AvgIpc) is 2.76. The Morgan fingerprint density at radius 2 is 2.38 bits per heavy atom. The van der Waals surface area contributed by atoms with Gasteiger partial charge in [0.1, 0.15) is 6.10 Å². The molecule has 1 atom stereocenters. The zero-order valence-corrected chi connectivity index (χ0v) is 9.39. The lowest BCUT2D eigenvalue weighted by Crippen LogP contribution is -2.12. The molecular formula is C12H15N3O. The van der Waals surface area contributed by atoms with Gasteiger partial charge in [-0.1, -0.05) is 6.07 Å². The number of hydrogen-bond acceptors (Lipinski definition) is 3. The smallest absolute Gasteiger partial charge is 0.180 e. The van der Waals surface area contributed by atoms with Crippen LogP contribution in [-0.2, 0) is 4.74 Å². The van der Waals surface area contributed by atoms with Crippen LogP contribution in [0.4, 0.5) is 0 Å². The second-order valence-electron chi connectivity index (χ2n) is 4.28. The van der Waals surface area contributed by atoms with Crippen LogP contribution < -0.4 is 0 Å². The van der Waals surface area contributed by atoms with Crippen LogP contribution in [0.25, 0.3) is 5.65 Å². The molecule has 4 nitrogen and oxygen atoms in total. The van der Waals surface area contributed by atoms with E-state index in [1.54, 1.807) is 0 Å². The molecule has 2 aromatic heterocycles. The molecule has 0 N–H and O–H groups in total. The van der Waals surface area contributed by atoms with Gasteiger partial charge in [-0.05, 0) is 37.8 Å². The molecule has 1 saturated heterocycles. The van der Waals surface area contributed by atoms with Crippen molar-refractivity contribution in [3.05, 3.63) is 29.7 Å². The highest BCUT2D eigenvalue weighted by Crippen LogP contribution is 2.25. The Hall–Kier alpha value is -1.42. The molecule has 1 unspecified atom stereocenters. The molecule has 3 rings (SSSR count). The van der Waals surface area contributed by atoms with E-state index in [9.17, 15) is 0 Å². The van der Waals surface area contributed by atoms with Gasteiger partial charge in [0.25, 0.3) is 0 Å². The third kappa shape index (κ3) is 1.59. The predicted molar refractivity (Wildman–Crippen MR) is 60.3 cm³/mol. The van der Waals surface area contributed by atoms with E-state index in [1.165, 1.54) is 6.42 Å². The van der Waals surface area contributed by atoms with Crippen molar-refractivity contribution in [3.8, 4) is 0 Å². The van der Waals surface area contributed by atoms with Crippen molar-refractivity contribution >= 4 is 5.65 Å². The fourth-order valence-corrected chi connectivity index (χ4v) is 2.14. The van der Waals surface area contributed by atoms with E-state index in [0.717, 1.165) is 36.5 Å². The molecule has 0 aliphatic carbocycles. The summed E-state index contributed by atoms with van der Waals surface area (Å²) in [6, 6.07) is 4.04. The summed E-state index contributed by atoms with van der Waals surface area (Å²) < 4.78 is 7.53. The van der Waals surface area contributed by atoms with Crippen LogP contribution in [0.3, 0.4) is 0 Å². The molecule has 84 valence electrons. The number of nitrogens with zero attached hydrogens (tertiary/aromatic N) is 3. The molecule has 0 aromatic carbocycles. The molecule has 1 aliphatic rings. The predicted octanol–water partition coefficient (Wildman–Crippen LogP) is 2.28. The number of aryl methyl sites for hydroxylation is 1. The highest BCUT2D eigenvalue weighted by atomic mass is 16.5.